The van der Waals surface area contributed by atoms with Gasteiger partial charge in [-0.3, -0.25) is 4.79 Å². The maximum Gasteiger partial charge on any atom is 0.279 e. The lowest BCUT2D eigenvalue weighted by atomic mass is 10.0. The molecular formula is C18H17FN2O. The molecule has 0 aliphatic carbocycles. The van der Waals surface area contributed by atoms with E-state index in [2.05, 4.69) is 5.10 Å². The number of halogens is 1. The summed E-state index contributed by atoms with van der Waals surface area (Å²) in [4.78, 5) is 12.7. The summed E-state index contributed by atoms with van der Waals surface area (Å²) in [5.74, 6) is -0.286. The van der Waals surface area contributed by atoms with Crippen molar-refractivity contribution >= 4 is 10.8 Å². The fourth-order valence-corrected chi connectivity index (χ4v) is 2.63. The Balaban J connectivity index is 2.44. The Morgan fingerprint density at radius 3 is 2.50 bits per heavy atom. The summed E-state index contributed by atoms with van der Waals surface area (Å²) in [6, 6.07) is 11.8. The lowest BCUT2D eigenvalue weighted by molar-refractivity contribution is 0.628. The van der Waals surface area contributed by atoms with E-state index in [1.54, 1.807) is 6.07 Å². The van der Waals surface area contributed by atoms with Gasteiger partial charge in [0, 0.05) is 5.39 Å². The molecule has 3 rings (SSSR count). The van der Waals surface area contributed by atoms with Gasteiger partial charge in [-0.15, -0.1) is 0 Å². The van der Waals surface area contributed by atoms with E-state index in [0.717, 1.165) is 16.9 Å². The minimum Gasteiger partial charge on any atom is -0.267 e. The van der Waals surface area contributed by atoms with Gasteiger partial charge in [0.1, 0.15) is 5.82 Å². The van der Waals surface area contributed by atoms with Gasteiger partial charge in [0.05, 0.1) is 16.8 Å². The van der Waals surface area contributed by atoms with Crippen molar-refractivity contribution in [2.45, 2.75) is 26.7 Å². The fourth-order valence-electron chi connectivity index (χ4n) is 2.63. The zero-order valence-corrected chi connectivity index (χ0v) is 12.8. The summed E-state index contributed by atoms with van der Waals surface area (Å²) in [5.41, 5.74) is 2.16. The van der Waals surface area contributed by atoms with E-state index in [9.17, 15) is 9.18 Å². The van der Waals surface area contributed by atoms with E-state index in [-0.39, 0.29) is 11.5 Å². The number of benzene rings is 2. The Morgan fingerprint density at radius 2 is 1.82 bits per heavy atom. The van der Waals surface area contributed by atoms with Crippen molar-refractivity contribution < 1.29 is 4.39 Å². The molecule has 0 fully saturated rings. The largest absolute Gasteiger partial charge is 0.279 e. The van der Waals surface area contributed by atoms with Crippen LogP contribution in [-0.4, -0.2) is 9.78 Å². The molecule has 0 bridgehead atoms. The van der Waals surface area contributed by atoms with Crippen LogP contribution in [0, 0.1) is 12.7 Å². The second-order valence-corrected chi connectivity index (χ2v) is 5.73. The summed E-state index contributed by atoms with van der Waals surface area (Å²) in [7, 11) is 0. The lowest BCUT2D eigenvalue weighted by Gasteiger charge is -2.14. The van der Waals surface area contributed by atoms with E-state index in [1.807, 2.05) is 45.0 Å². The SMILES string of the molecule is Cc1ccccc1-n1nc(C(C)C)c2ccc(F)cc2c1=O. The van der Waals surface area contributed by atoms with Gasteiger partial charge >= 0.3 is 0 Å². The second kappa shape index (κ2) is 5.37. The highest BCUT2D eigenvalue weighted by Gasteiger charge is 2.15. The molecule has 0 spiro atoms. The first kappa shape index (κ1) is 14.4. The van der Waals surface area contributed by atoms with E-state index >= 15 is 0 Å². The van der Waals surface area contributed by atoms with Crippen LogP contribution in [0.1, 0.15) is 31.0 Å². The van der Waals surface area contributed by atoms with Crippen LogP contribution < -0.4 is 5.56 Å². The molecule has 0 saturated heterocycles. The number of nitrogens with zero attached hydrogens (tertiary/aromatic N) is 2. The molecule has 112 valence electrons. The normalized spacial score (nSPS) is 11.3. The molecule has 22 heavy (non-hydrogen) atoms. The summed E-state index contributed by atoms with van der Waals surface area (Å²) in [6.45, 7) is 5.95. The van der Waals surface area contributed by atoms with Crippen molar-refractivity contribution in [1.29, 1.82) is 0 Å². The Kier molecular flexibility index (Phi) is 3.53. The first-order valence-electron chi connectivity index (χ1n) is 7.27. The third-order valence-corrected chi connectivity index (χ3v) is 3.78. The van der Waals surface area contributed by atoms with Crippen LogP contribution in [0.5, 0.6) is 0 Å². The quantitative estimate of drug-likeness (QED) is 0.717. The van der Waals surface area contributed by atoms with E-state index in [4.69, 9.17) is 0 Å². The average Bonchev–Trinajstić information content (AvgIpc) is 2.49. The molecule has 0 atom stereocenters. The number of aromatic nitrogens is 2. The van der Waals surface area contributed by atoms with Crippen molar-refractivity contribution in [3.63, 3.8) is 0 Å². The van der Waals surface area contributed by atoms with Gasteiger partial charge in [0.2, 0.25) is 0 Å². The highest BCUT2D eigenvalue weighted by atomic mass is 19.1. The van der Waals surface area contributed by atoms with Crippen LogP contribution in [0.25, 0.3) is 16.5 Å². The topological polar surface area (TPSA) is 34.9 Å². The number of para-hydroxylation sites is 1. The molecule has 0 aliphatic heterocycles. The average molecular weight is 296 g/mol. The molecule has 0 saturated carbocycles. The lowest BCUT2D eigenvalue weighted by Crippen LogP contribution is -2.24. The van der Waals surface area contributed by atoms with Crippen molar-refractivity contribution in [2.24, 2.45) is 0 Å². The van der Waals surface area contributed by atoms with Crippen LogP contribution in [0.2, 0.25) is 0 Å². The van der Waals surface area contributed by atoms with Gasteiger partial charge in [-0.05, 0) is 42.7 Å². The van der Waals surface area contributed by atoms with Crippen LogP contribution in [0.3, 0.4) is 0 Å². The van der Waals surface area contributed by atoms with Gasteiger partial charge in [0.25, 0.3) is 5.56 Å². The van der Waals surface area contributed by atoms with Gasteiger partial charge in [-0.2, -0.15) is 9.78 Å². The zero-order chi connectivity index (χ0) is 15.9. The monoisotopic (exact) mass is 296 g/mol. The van der Waals surface area contributed by atoms with E-state index in [1.165, 1.54) is 16.8 Å². The predicted molar refractivity (Wildman–Crippen MR) is 86.1 cm³/mol. The molecule has 0 unspecified atom stereocenters. The highest BCUT2D eigenvalue weighted by molar-refractivity contribution is 5.84. The maximum atomic E-state index is 13.6. The van der Waals surface area contributed by atoms with Crippen molar-refractivity contribution in [3.8, 4) is 5.69 Å². The van der Waals surface area contributed by atoms with Crippen molar-refractivity contribution in [2.75, 3.05) is 0 Å². The van der Waals surface area contributed by atoms with Crippen molar-refractivity contribution in [3.05, 3.63) is 69.9 Å². The third-order valence-electron chi connectivity index (χ3n) is 3.78. The number of aryl methyl sites for hydroxylation is 1. The molecule has 2 aromatic carbocycles. The van der Waals surface area contributed by atoms with Crippen LogP contribution in [0.4, 0.5) is 4.39 Å². The molecule has 0 aliphatic rings. The zero-order valence-electron chi connectivity index (χ0n) is 12.8. The van der Waals surface area contributed by atoms with Crippen LogP contribution >= 0.6 is 0 Å². The Bertz CT molecular complexity index is 913. The number of hydrogen-bond acceptors (Lipinski definition) is 2. The fraction of sp³-hybridized carbons (Fsp3) is 0.222. The first-order chi connectivity index (χ1) is 10.5. The minimum atomic E-state index is -0.415. The van der Waals surface area contributed by atoms with E-state index < -0.39 is 5.82 Å². The number of fused-ring (bicyclic) bond motifs is 1. The molecule has 4 heteroatoms. The molecule has 3 aromatic rings. The predicted octanol–water partition coefficient (Wildman–Crippen LogP) is 3.96. The van der Waals surface area contributed by atoms with Gasteiger partial charge in [-0.25, -0.2) is 4.39 Å². The smallest absolute Gasteiger partial charge is 0.267 e. The van der Waals surface area contributed by atoms with E-state index in [0.29, 0.717) is 10.8 Å². The summed E-state index contributed by atoms with van der Waals surface area (Å²) in [5, 5.41) is 5.62. The Hall–Kier alpha value is -2.49. The summed E-state index contributed by atoms with van der Waals surface area (Å²) >= 11 is 0. The third kappa shape index (κ3) is 2.30. The standard InChI is InChI=1S/C18H17FN2O/c1-11(2)17-14-9-8-13(19)10-15(14)18(22)21(20-17)16-7-5-4-6-12(16)3/h4-11H,1-3H3. The molecular weight excluding hydrogens is 279 g/mol. The van der Waals surface area contributed by atoms with Crippen LogP contribution in [-0.2, 0) is 0 Å². The minimum absolute atomic E-state index is 0.129. The number of rotatable bonds is 2. The van der Waals surface area contributed by atoms with Gasteiger partial charge < -0.3 is 0 Å². The Morgan fingerprint density at radius 1 is 1.09 bits per heavy atom. The molecule has 1 heterocycles. The molecule has 1 aromatic heterocycles. The maximum absolute atomic E-state index is 13.6. The summed E-state index contributed by atoms with van der Waals surface area (Å²) < 4.78 is 15.0. The highest BCUT2D eigenvalue weighted by Crippen LogP contribution is 2.23. The Labute approximate surface area is 128 Å². The molecule has 0 N–H and O–H groups in total. The number of hydrogen-bond donors (Lipinski definition) is 0. The first-order valence-corrected chi connectivity index (χ1v) is 7.27. The van der Waals surface area contributed by atoms with Gasteiger partial charge in [0.15, 0.2) is 0 Å². The molecule has 3 nitrogen and oxygen atoms in total. The molecule has 0 radical (unpaired) electrons. The van der Waals surface area contributed by atoms with Gasteiger partial charge in [-0.1, -0.05) is 32.0 Å². The van der Waals surface area contributed by atoms with Crippen molar-refractivity contribution in [1.82, 2.24) is 9.78 Å². The second-order valence-electron chi connectivity index (χ2n) is 5.73. The van der Waals surface area contributed by atoms with Crippen LogP contribution in [0.15, 0.2) is 47.3 Å². The molecule has 0 amide bonds. The summed E-state index contributed by atoms with van der Waals surface area (Å²) in [6.07, 6.45) is 0.